The van der Waals surface area contributed by atoms with Crippen molar-refractivity contribution in [3.63, 3.8) is 0 Å². The zero-order chi connectivity index (χ0) is 29.6. The van der Waals surface area contributed by atoms with Crippen molar-refractivity contribution >= 4 is 34.6 Å². The molecule has 12 heteroatoms. The number of carbonyl (C=O) groups excluding carboxylic acids is 1. The fourth-order valence-corrected chi connectivity index (χ4v) is 5.60. The third kappa shape index (κ3) is 5.45. The number of imidazole rings is 1. The Morgan fingerprint density at radius 3 is 2.52 bits per heavy atom. The van der Waals surface area contributed by atoms with Gasteiger partial charge in [0.25, 0.3) is 0 Å². The number of hydrogen-bond acceptors (Lipinski definition) is 8. The van der Waals surface area contributed by atoms with Crippen LogP contribution in [0.15, 0.2) is 36.7 Å². The maximum Gasteiger partial charge on any atom is 0.410 e. The lowest BCUT2D eigenvalue weighted by molar-refractivity contribution is 0.0240. The maximum atomic E-state index is 15.1. The number of amides is 1. The number of piperazine rings is 1. The smallest absolute Gasteiger partial charge is 0.410 e. The lowest BCUT2D eigenvalue weighted by atomic mass is 10.1. The number of carbonyl (C=O) groups is 1. The van der Waals surface area contributed by atoms with Crippen LogP contribution < -0.4 is 10.2 Å². The highest BCUT2D eigenvalue weighted by molar-refractivity contribution is 5.83. The van der Waals surface area contributed by atoms with Gasteiger partial charge in [-0.3, -0.25) is 0 Å². The number of pyridine rings is 1. The first kappa shape index (κ1) is 27.8. The second-order valence-electron chi connectivity index (χ2n) is 11.7. The lowest BCUT2D eigenvalue weighted by Gasteiger charge is -2.36. The van der Waals surface area contributed by atoms with Crippen molar-refractivity contribution in [2.24, 2.45) is 0 Å². The molecule has 0 saturated carbocycles. The van der Waals surface area contributed by atoms with Crippen molar-refractivity contribution in [2.45, 2.75) is 58.6 Å². The summed E-state index contributed by atoms with van der Waals surface area (Å²) in [6.07, 6.45) is 5.16. The fourth-order valence-electron chi connectivity index (χ4n) is 5.60. The Balaban J connectivity index is 1.16. The maximum absolute atomic E-state index is 15.1. The van der Waals surface area contributed by atoms with Crippen LogP contribution in [0.4, 0.5) is 31.0 Å². The number of anilines is 3. The quantitative estimate of drug-likeness (QED) is 0.315. The van der Waals surface area contributed by atoms with E-state index >= 15 is 4.39 Å². The number of nitrogens with one attached hydrogen (secondary N) is 1. The second-order valence-corrected chi connectivity index (χ2v) is 11.7. The summed E-state index contributed by atoms with van der Waals surface area (Å²) in [7, 11) is 0. The summed E-state index contributed by atoms with van der Waals surface area (Å²) in [6.45, 7) is 10.1. The van der Waals surface area contributed by atoms with E-state index in [9.17, 15) is 9.18 Å². The van der Waals surface area contributed by atoms with Crippen LogP contribution in [0.3, 0.4) is 0 Å². The topological polar surface area (TPSA) is 101 Å². The number of nitrogens with zero attached hydrogens (tertiary/aromatic N) is 7. The van der Waals surface area contributed by atoms with E-state index in [1.54, 1.807) is 23.2 Å². The molecule has 5 heterocycles. The van der Waals surface area contributed by atoms with Crippen LogP contribution in [0.5, 0.6) is 0 Å². The summed E-state index contributed by atoms with van der Waals surface area (Å²) in [5.41, 5.74) is 1.65. The monoisotopic (exact) mass is 576 g/mol. The molecule has 1 fully saturated rings. The summed E-state index contributed by atoms with van der Waals surface area (Å²) < 4.78 is 37.6. The van der Waals surface area contributed by atoms with Crippen molar-refractivity contribution in [1.82, 2.24) is 29.4 Å². The molecule has 4 aromatic rings. The number of aromatic nitrogens is 5. The van der Waals surface area contributed by atoms with Crippen molar-refractivity contribution in [3.05, 3.63) is 54.1 Å². The summed E-state index contributed by atoms with van der Waals surface area (Å²) in [6, 6.07) is 6.98. The van der Waals surface area contributed by atoms with Gasteiger partial charge in [-0.2, -0.15) is 0 Å². The average molecular weight is 577 g/mol. The van der Waals surface area contributed by atoms with Crippen molar-refractivity contribution in [1.29, 1.82) is 0 Å². The molecule has 3 aromatic heterocycles. The van der Waals surface area contributed by atoms with Gasteiger partial charge in [0.05, 0.1) is 23.6 Å². The molecule has 0 radical (unpaired) electrons. The van der Waals surface area contributed by atoms with Crippen LogP contribution in [-0.2, 0) is 11.2 Å². The minimum atomic E-state index is -0.652. The molecule has 0 bridgehead atoms. The Labute approximate surface area is 242 Å². The van der Waals surface area contributed by atoms with Gasteiger partial charge in [0.1, 0.15) is 28.5 Å². The van der Waals surface area contributed by atoms with Gasteiger partial charge in [0.15, 0.2) is 11.6 Å². The molecule has 1 aromatic carbocycles. The van der Waals surface area contributed by atoms with Gasteiger partial charge in [0.2, 0.25) is 5.95 Å². The molecule has 10 nitrogen and oxygen atoms in total. The second kappa shape index (κ2) is 10.8. The van der Waals surface area contributed by atoms with Crippen LogP contribution in [0, 0.1) is 11.6 Å². The number of hydrogen-bond donors (Lipinski definition) is 1. The van der Waals surface area contributed by atoms with E-state index in [1.807, 2.05) is 26.8 Å². The molecule has 0 spiro atoms. The molecular weight excluding hydrogens is 542 g/mol. The van der Waals surface area contributed by atoms with Gasteiger partial charge in [-0.05, 0) is 57.9 Å². The first-order chi connectivity index (χ1) is 20.1. The van der Waals surface area contributed by atoms with Gasteiger partial charge < -0.3 is 24.4 Å². The summed E-state index contributed by atoms with van der Waals surface area (Å²) >= 11 is 0. The Hall–Kier alpha value is -4.35. The van der Waals surface area contributed by atoms with E-state index in [1.165, 1.54) is 6.07 Å². The van der Waals surface area contributed by atoms with Crippen LogP contribution in [0.1, 0.15) is 52.4 Å². The van der Waals surface area contributed by atoms with Crippen LogP contribution in [-0.4, -0.2) is 67.3 Å². The fraction of sp³-hybridized carbons (Fsp3) is 0.433. The highest BCUT2D eigenvalue weighted by Gasteiger charge is 2.28. The van der Waals surface area contributed by atoms with Crippen molar-refractivity contribution in [2.75, 3.05) is 36.4 Å². The third-order valence-electron chi connectivity index (χ3n) is 7.66. The van der Waals surface area contributed by atoms with Gasteiger partial charge in [-0.1, -0.05) is 6.92 Å². The van der Waals surface area contributed by atoms with E-state index < -0.39 is 17.2 Å². The Kier molecular flexibility index (Phi) is 7.15. The van der Waals surface area contributed by atoms with Gasteiger partial charge in [0, 0.05) is 44.2 Å². The number of aryl methyl sites for hydroxylation is 1. The Bertz CT molecular complexity index is 1630. The molecule has 0 aliphatic carbocycles. The molecule has 6 rings (SSSR count). The molecule has 42 heavy (non-hydrogen) atoms. The summed E-state index contributed by atoms with van der Waals surface area (Å²) in [5, 5.41) is 3.02. The number of benzene rings is 1. The van der Waals surface area contributed by atoms with E-state index in [0.717, 1.165) is 37.0 Å². The molecule has 1 N–H and O–H groups in total. The number of fused-ring (bicyclic) bond motifs is 3. The number of ether oxygens (including phenoxy) is 1. The normalized spacial score (nSPS) is 17.0. The number of halogens is 2. The van der Waals surface area contributed by atoms with Crippen LogP contribution in [0.2, 0.25) is 0 Å². The van der Waals surface area contributed by atoms with Gasteiger partial charge in [-0.15, -0.1) is 0 Å². The van der Waals surface area contributed by atoms with E-state index in [-0.39, 0.29) is 23.8 Å². The van der Waals surface area contributed by atoms with Gasteiger partial charge in [-0.25, -0.2) is 33.5 Å². The van der Waals surface area contributed by atoms with Crippen LogP contribution in [0.25, 0.3) is 22.3 Å². The van der Waals surface area contributed by atoms with Crippen molar-refractivity contribution in [3.8, 4) is 11.3 Å². The highest BCUT2D eigenvalue weighted by Crippen LogP contribution is 2.36. The minimum absolute atomic E-state index is 0.00521. The molecule has 1 atom stereocenters. The molecule has 220 valence electrons. The zero-order valence-electron chi connectivity index (χ0n) is 24.2. The van der Waals surface area contributed by atoms with Crippen LogP contribution >= 0.6 is 0 Å². The predicted molar refractivity (Wildman–Crippen MR) is 156 cm³/mol. The molecule has 1 saturated heterocycles. The Morgan fingerprint density at radius 1 is 1.05 bits per heavy atom. The highest BCUT2D eigenvalue weighted by atomic mass is 19.1. The average Bonchev–Trinajstić information content (AvgIpc) is 3.54. The number of rotatable bonds is 5. The third-order valence-corrected chi connectivity index (χ3v) is 7.66. The first-order valence-corrected chi connectivity index (χ1v) is 14.3. The largest absolute Gasteiger partial charge is 0.444 e. The standard InChI is InChI=1S/C30H34F2N8O2/c1-5-19-7-9-25-36-27-21(31)14-18(15-23(27)40(19)25)26-22(32)17-34-28(37-26)35-24-8-6-20(16-33-24)38-10-12-39(13-11-38)29(41)42-30(2,3)4/h6,8,14-17,19H,5,7,9-13H2,1-4H3,(H,33,34,35,37). The lowest BCUT2D eigenvalue weighted by Crippen LogP contribution is -2.50. The molecule has 1 unspecified atom stereocenters. The first-order valence-electron chi connectivity index (χ1n) is 14.3. The SMILES string of the molecule is CCC1CCc2nc3c(F)cc(-c4nc(Nc5ccc(N6CCN(C(=O)OC(C)(C)C)CC6)cn5)ncc4F)cc3n21. The van der Waals surface area contributed by atoms with E-state index in [4.69, 9.17) is 4.74 Å². The molecular formula is C30H34F2N8O2. The zero-order valence-corrected chi connectivity index (χ0v) is 24.2. The van der Waals surface area contributed by atoms with E-state index in [2.05, 4.69) is 41.6 Å². The van der Waals surface area contributed by atoms with Crippen molar-refractivity contribution < 1.29 is 18.3 Å². The minimum Gasteiger partial charge on any atom is -0.444 e. The summed E-state index contributed by atoms with van der Waals surface area (Å²) in [4.78, 5) is 33.6. The molecule has 2 aliphatic rings. The molecule has 1 amide bonds. The van der Waals surface area contributed by atoms with Gasteiger partial charge >= 0.3 is 6.09 Å². The summed E-state index contributed by atoms with van der Waals surface area (Å²) in [5.74, 6) is 0.322. The predicted octanol–water partition coefficient (Wildman–Crippen LogP) is 5.86. The Morgan fingerprint density at radius 2 is 1.83 bits per heavy atom. The molecule has 2 aliphatic heterocycles. The van der Waals surface area contributed by atoms with E-state index in [0.29, 0.717) is 48.6 Å².